The second-order valence-electron chi connectivity index (χ2n) is 7.44. The number of amides is 1. The number of carbonyl (C=O) groups is 2. The molecule has 0 unspecified atom stereocenters. The number of hydrogen-bond donors (Lipinski definition) is 3. The van der Waals surface area contributed by atoms with Crippen molar-refractivity contribution in [1.29, 1.82) is 0 Å². The van der Waals surface area contributed by atoms with Gasteiger partial charge < -0.3 is 25.5 Å². The van der Waals surface area contributed by atoms with E-state index in [1.807, 2.05) is 11.0 Å². The number of esters is 1. The summed E-state index contributed by atoms with van der Waals surface area (Å²) in [6.45, 7) is 1.18. The maximum atomic E-state index is 12.6. The molecule has 3 rings (SSSR count). The van der Waals surface area contributed by atoms with Gasteiger partial charge in [-0.2, -0.15) is 0 Å². The third-order valence-electron chi connectivity index (χ3n) is 5.17. The van der Waals surface area contributed by atoms with Gasteiger partial charge in [0.05, 0.1) is 23.7 Å². The highest BCUT2D eigenvalue weighted by Gasteiger charge is 2.32. The van der Waals surface area contributed by atoms with Crippen LogP contribution in [0.3, 0.4) is 0 Å². The fraction of sp³-hybridized carbons (Fsp3) is 0.381. The monoisotopic (exact) mass is 482 g/mol. The van der Waals surface area contributed by atoms with Gasteiger partial charge >= 0.3 is 5.97 Å². The summed E-state index contributed by atoms with van der Waals surface area (Å²) in [7, 11) is 1.53. The molecule has 4 N–H and O–H groups in total. The van der Waals surface area contributed by atoms with Crippen molar-refractivity contribution in [3.63, 3.8) is 0 Å². The molecule has 1 aliphatic heterocycles. The summed E-state index contributed by atoms with van der Waals surface area (Å²) in [5.41, 5.74) is 5.59. The molecule has 32 heavy (non-hydrogen) atoms. The Kier molecular flexibility index (Phi) is 8.14. The minimum absolute atomic E-state index is 0.00135. The number of nitrogens with one attached hydrogen (secondary N) is 2. The van der Waals surface area contributed by atoms with E-state index in [0.29, 0.717) is 24.5 Å². The molecule has 1 amide bonds. The number of benzene rings is 1. The smallest absolute Gasteiger partial charge is 0.320 e. The first-order valence-corrected chi connectivity index (χ1v) is 10.7. The normalized spacial score (nSPS) is 18.8. The van der Waals surface area contributed by atoms with E-state index in [2.05, 4.69) is 10.3 Å². The highest BCUT2D eigenvalue weighted by Crippen LogP contribution is 2.17. The number of anilines is 1. The van der Waals surface area contributed by atoms with Crippen LogP contribution < -0.4 is 16.6 Å². The summed E-state index contributed by atoms with van der Waals surface area (Å²) in [6.07, 6.45) is 0.142. The van der Waals surface area contributed by atoms with Gasteiger partial charge in [0.2, 0.25) is 0 Å². The number of piperidine rings is 1. The lowest BCUT2D eigenvalue weighted by atomic mass is 10.0. The highest BCUT2D eigenvalue weighted by molar-refractivity contribution is 6.33. The second-order valence-corrected chi connectivity index (χ2v) is 8.29. The van der Waals surface area contributed by atoms with Crippen LogP contribution in [0, 0.1) is 0 Å². The van der Waals surface area contributed by atoms with E-state index >= 15 is 0 Å². The number of H-pyrrole nitrogens is 1. The number of nitrogen functional groups attached to an aromatic ring is 1. The topological polar surface area (TPSA) is 127 Å². The summed E-state index contributed by atoms with van der Waals surface area (Å²) in [4.78, 5) is 41.1. The average Bonchev–Trinajstić information content (AvgIpc) is 2.75. The molecule has 0 aliphatic carbocycles. The van der Waals surface area contributed by atoms with Crippen molar-refractivity contribution >= 4 is 40.9 Å². The number of carbonyl (C=O) groups excluding carboxylic acids is 2. The van der Waals surface area contributed by atoms with E-state index in [-0.39, 0.29) is 47.7 Å². The molecule has 0 spiro atoms. The number of hydrogen-bond acceptors (Lipinski definition) is 7. The van der Waals surface area contributed by atoms with Gasteiger partial charge in [0.15, 0.2) is 0 Å². The lowest BCUT2D eigenvalue weighted by molar-refractivity contribution is -0.147. The van der Waals surface area contributed by atoms with Gasteiger partial charge in [0.1, 0.15) is 18.0 Å². The number of likely N-dealkylation sites (tertiary alicyclic amines) is 1. The predicted octanol–water partition coefficient (Wildman–Crippen LogP) is 1.83. The molecule has 0 bridgehead atoms. The number of nitrogens with two attached hydrogens (primary N) is 1. The minimum Gasteiger partial charge on any atom is -0.460 e. The Morgan fingerprint density at radius 1 is 1.31 bits per heavy atom. The molecule has 11 heteroatoms. The molecule has 2 atom stereocenters. The molecule has 9 nitrogen and oxygen atoms in total. The number of pyridine rings is 1. The van der Waals surface area contributed by atoms with Crippen molar-refractivity contribution in [3.8, 4) is 0 Å². The van der Waals surface area contributed by atoms with Crippen LogP contribution in [-0.2, 0) is 20.9 Å². The predicted molar refractivity (Wildman–Crippen MR) is 121 cm³/mol. The molecular formula is C21H24Cl2N4O5. The van der Waals surface area contributed by atoms with E-state index in [4.69, 9.17) is 38.4 Å². The first kappa shape index (κ1) is 24.1. The van der Waals surface area contributed by atoms with Crippen molar-refractivity contribution < 1.29 is 19.1 Å². The Bertz CT molecular complexity index is 1050. The van der Waals surface area contributed by atoms with Gasteiger partial charge in [-0.3, -0.25) is 19.3 Å². The zero-order valence-corrected chi connectivity index (χ0v) is 18.9. The molecule has 1 aliphatic rings. The van der Waals surface area contributed by atoms with Gasteiger partial charge in [0, 0.05) is 25.2 Å². The number of methoxy groups -OCH3 is 1. The lowest BCUT2D eigenvalue weighted by Crippen LogP contribution is -2.56. The Morgan fingerprint density at radius 3 is 2.81 bits per heavy atom. The Hall–Kier alpha value is -2.59. The summed E-state index contributed by atoms with van der Waals surface area (Å²) >= 11 is 11.8. The Morgan fingerprint density at radius 2 is 2.09 bits per heavy atom. The summed E-state index contributed by atoms with van der Waals surface area (Å²) in [6, 6.07) is 8.00. The summed E-state index contributed by atoms with van der Waals surface area (Å²) in [5.74, 6) is -0.946. The van der Waals surface area contributed by atoms with Crippen molar-refractivity contribution in [2.75, 3.05) is 32.5 Å². The van der Waals surface area contributed by atoms with Crippen LogP contribution in [-0.4, -0.2) is 60.7 Å². The quantitative estimate of drug-likeness (QED) is 0.513. The fourth-order valence-electron chi connectivity index (χ4n) is 3.48. The third-order valence-corrected chi connectivity index (χ3v) is 5.72. The standard InChI is InChI=1S/C21H24Cl2N4O5/c1-31-17-9-27(10-18(28)32-11-12-3-2-4-13(22)7-12)6-5-16(17)25-20(29)14-8-15(23)19(24)26-21(14)30/h2-4,7-8,16-17H,5-6,9-11H2,1H3,(H,25,29)(H3,24,26,30)/t16-,17+/m0/s1. The summed E-state index contributed by atoms with van der Waals surface area (Å²) in [5, 5.41) is 3.48. The third kappa shape index (κ3) is 6.23. The van der Waals surface area contributed by atoms with Gasteiger partial charge in [-0.05, 0) is 30.2 Å². The highest BCUT2D eigenvalue weighted by atomic mass is 35.5. The SMILES string of the molecule is CO[C@@H]1CN(CC(=O)OCc2cccc(Cl)c2)CC[C@@H]1NC(=O)c1cc(Cl)c(N)[nH]c1=O. The zero-order chi connectivity index (χ0) is 23.3. The lowest BCUT2D eigenvalue weighted by Gasteiger charge is -2.37. The first-order valence-electron chi connectivity index (χ1n) is 9.91. The number of aromatic amines is 1. The molecule has 0 radical (unpaired) electrons. The number of halogens is 2. The molecule has 1 aromatic heterocycles. The van der Waals surface area contributed by atoms with Crippen LogP contribution in [0.1, 0.15) is 22.3 Å². The van der Waals surface area contributed by atoms with E-state index in [0.717, 1.165) is 5.56 Å². The fourth-order valence-corrected chi connectivity index (χ4v) is 3.85. The van der Waals surface area contributed by atoms with Crippen LogP contribution in [0.15, 0.2) is 35.1 Å². The largest absolute Gasteiger partial charge is 0.460 e. The maximum Gasteiger partial charge on any atom is 0.320 e. The van der Waals surface area contributed by atoms with Crippen LogP contribution in [0.5, 0.6) is 0 Å². The van der Waals surface area contributed by atoms with Gasteiger partial charge in [-0.15, -0.1) is 0 Å². The van der Waals surface area contributed by atoms with Gasteiger partial charge in [0.25, 0.3) is 11.5 Å². The maximum absolute atomic E-state index is 12.6. The number of ether oxygens (including phenoxy) is 2. The molecule has 1 aromatic carbocycles. The number of nitrogens with zero attached hydrogens (tertiary/aromatic N) is 1. The van der Waals surface area contributed by atoms with Crippen molar-refractivity contribution in [2.24, 2.45) is 0 Å². The number of aromatic nitrogens is 1. The molecule has 1 saturated heterocycles. The van der Waals surface area contributed by atoms with E-state index < -0.39 is 11.5 Å². The molecule has 2 aromatic rings. The zero-order valence-electron chi connectivity index (χ0n) is 17.4. The molecule has 2 heterocycles. The number of rotatable bonds is 7. The van der Waals surface area contributed by atoms with E-state index in [1.165, 1.54) is 13.2 Å². The summed E-state index contributed by atoms with van der Waals surface area (Å²) < 4.78 is 10.8. The van der Waals surface area contributed by atoms with Crippen LogP contribution in [0.25, 0.3) is 0 Å². The second kappa shape index (κ2) is 10.8. The molecule has 1 fully saturated rings. The Labute approximate surface area is 194 Å². The first-order chi connectivity index (χ1) is 15.3. The van der Waals surface area contributed by atoms with E-state index in [9.17, 15) is 14.4 Å². The van der Waals surface area contributed by atoms with E-state index in [1.54, 1.807) is 18.2 Å². The van der Waals surface area contributed by atoms with Crippen LogP contribution in [0.2, 0.25) is 10.0 Å². The van der Waals surface area contributed by atoms with Crippen LogP contribution in [0.4, 0.5) is 5.82 Å². The van der Waals surface area contributed by atoms with Gasteiger partial charge in [-0.1, -0.05) is 35.3 Å². The minimum atomic E-state index is -0.627. The van der Waals surface area contributed by atoms with Crippen molar-refractivity contribution in [2.45, 2.75) is 25.2 Å². The van der Waals surface area contributed by atoms with Gasteiger partial charge in [-0.25, -0.2) is 0 Å². The average molecular weight is 483 g/mol. The van der Waals surface area contributed by atoms with Crippen molar-refractivity contribution in [3.05, 3.63) is 61.9 Å². The van der Waals surface area contributed by atoms with Crippen LogP contribution >= 0.6 is 23.2 Å². The molecule has 172 valence electrons. The van der Waals surface area contributed by atoms with Crippen molar-refractivity contribution in [1.82, 2.24) is 15.2 Å². The molecular weight excluding hydrogens is 459 g/mol. The molecule has 0 saturated carbocycles. The Balaban J connectivity index is 1.53.